The molecular weight excluding hydrogens is 420 g/mol. The van der Waals surface area contributed by atoms with Crippen LogP contribution >= 0.6 is 23.2 Å². The first kappa shape index (κ1) is 20.8. The molecule has 6 nitrogen and oxygen atoms in total. The van der Waals surface area contributed by atoms with E-state index in [0.29, 0.717) is 27.1 Å². The molecule has 1 N–H and O–H groups in total. The highest BCUT2D eigenvalue weighted by atomic mass is 35.5. The van der Waals surface area contributed by atoms with Gasteiger partial charge in [-0.1, -0.05) is 23.2 Å². The Hall–Kier alpha value is -2.90. The second kappa shape index (κ2) is 9.54. The van der Waals surface area contributed by atoms with Gasteiger partial charge in [0.05, 0.1) is 17.0 Å². The molecule has 3 aromatic rings. The molecule has 1 heterocycles. The monoisotopic (exact) mass is 435 g/mol. The topological polar surface area (TPSA) is 73.2 Å². The average Bonchev–Trinajstić information content (AvgIpc) is 2.69. The van der Waals surface area contributed by atoms with Crippen LogP contribution in [0.15, 0.2) is 59.7 Å². The standard InChI is InChI=1S/C20H16Cl2FN3O3/c21-14-3-6-18(16(22)9-14)29-11-19(27)24-7-8-26-12-25-17(10-20(26)28)13-1-4-15(23)5-2-13/h1-6,9-10,12H,7-8,11H2,(H,24,27). The lowest BCUT2D eigenvalue weighted by Crippen LogP contribution is -2.33. The second-order valence-electron chi connectivity index (χ2n) is 6.03. The number of benzene rings is 2. The molecule has 29 heavy (non-hydrogen) atoms. The third-order valence-electron chi connectivity index (χ3n) is 3.95. The third-order valence-corrected chi connectivity index (χ3v) is 4.48. The van der Waals surface area contributed by atoms with Crippen LogP contribution in [0.25, 0.3) is 11.3 Å². The van der Waals surface area contributed by atoms with E-state index in [1.165, 1.54) is 35.2 Å². The van der Waals surface area contributed by atoms with Crippen LogP contribution in [0.5, 0.6) is 5.75 Å². The van der Waals surface area contributed by atoms with E-state index in [2.05, 4.69) is 10.3 Å². The second-order valence-corrected chi connectivity index (χ2v) is 6.87. The zero-order chi connectivity index (χ0) is 20.8. The van der Waals surface area contributed by atoms with Gasteiger partial charge in [0.2, 0.25) is 0 Å². The third kappa shape index (κ3) is 5.79. The van der Waals surface area contributed by atoms with Gasteiger partial charge in [-0.05, 0) is 42.5 Å². The van der Waals surface area contributed by atoms with Crippen LogP contribution in [0, 0.1) is 5.82 Å². The van der Waals surface area contributed by atoms with E-state index in [-0.39, 0.29) is 37.0 Å². The van der Waals surface area contributed by atoms with Gasteiger partial charge < -0.3 is 10.1 Å². The van der Waals surface area contributed by atoms with E-state index in [4.69, 9.17) is 27.9 Å². The van der Waals surface area contributed by atoms with Gasteiger partial charge in [-0.2, -0.15) is 0 Å². The van der Waals surface area contributed by atoms with Crippen LogP contribution in [0.3, 0.4) is 0 Å². The summed E-state index contributed by atoms with van der Waals surface area (Å²) in [6, 6.07) is 11.8. The minimum Gasteiger partial charge on any atom is -0.482 e. The maximum absolute atomic E-state index is 13.0. The first-order chi connectivity index (χ1) is 13.9. The minimum atomic E-state index is -0.361. The molecule has 0 fully saturated rings. The van der Waals surface area contributed by atoms with E-state index < -0.39 is 0 Å². The normalized spacial score (nSPS) is 10.6. The van der Waals surface area contributed by atoms with Crippen molar-refractivity contribution in [3.05, 3.63) is 81.1 Å². The van der Waals surface area contributed by atoms with Gasteiger partial charge in [-0.3, -0.25) is 14.2 Å². The molecule has 0 atom stereocenters. The van der Waals surface area contributed by atoms with Gasteiger partial charge in [0.1, 0.15) is 11.6 Å². The van der Waals surface area contributed by atoms with Crippen LogP contribution in [0.1, 0.15) is 0 Å². The maximum atomic E-state index is 13.0. The summed E-state index contributed by atoms with van der Waals surface area (Å²) >= 11 is 11.8. The van der Waals surface area contributed by atoms with E-state index in [1.54, 1.807) is 24.3 Å². The first-order valence-electron chi connectivity index (χ1n) is 8.59. The molecular formula is C20H16Cl2FN3O3. The molecule has 1 amide bonds. The summed E-state index contributed by atoms with van der Waals surface area (Å²) in [5, 5.41) is 3.43. The number of aromatic nitrogens is 2. The molecule has 0 aliphatic rings. The van der Waals surface area contributed by atoms with Crippen molar-refractivity contribution < 1.29 is 13.9 Å². The summed E-state index contributed by atoms with van der Waals surface area (Å²) in [4.78, 5) is 28.3. The summed E-state index contributed by atoms with van der Waals surface area (Å²) < 4.78 is 19.7. The summed E-state index contributed by atoms with van der Waals surface area (Å²) in [5.74, 6) is -0.372. The lowest BCUT2D eigenvalue weighted by atomic mass is 10.1. The number of ether oxygens (including phenoxy) is 1. The highest BCUT2D eigenvalue weighted by molar-refractivity contribution is 6.35. The molecule has 1 aromatic heterocycles. The fourth-order valence-electron chi connectivity index (χ4n) is 2.47. The Morgan fingerprint density at radius 3 is 2.59 bits per heavy atom. The number of hydrogen-bond acceptors (Lipinski definition) is 4. The predicted octanol–water partition coefficient (Wildman–Crippen LogP) is 3.55. The first-order valence-corrected chi connectivity index (χ1v) is 9.35. The largest absolute Gasteiger partial charge is 0.482 e. The molecule has 0 saturated carbocycles. The van der Waals surface area contributed by atoms with Crippen molar-refractivity contribution in [2.45, 2.75) is 6.54 Å². The summed E-state index contributed by atoms with van der Waals surface area (Å²) in [6.07, 6.45) is 1.39. The number of nitrogens with one attached hydrogen (secondary N) is 1. The van der Waals surface area contributed by atoms with Gasteiger partial charge >= 0.3 is 0 Å². The number of rotatable bonds is 7. The van der Waals surface area contributed by atoms with E-state index in [0.717, 1.165) is 0 Å². The summed E-state index contributed by atoms with van der Waals surface area (Å²) in [6.45, 7) is 0.231. The highest BCUT2D eigenvalue weighted by Gasteiger charge is 2.07. The van der Waals surface area contributed by atoms with Crippen LogP contribution in [-0.2, 0) is 11.3 Å². The lowest BCUT2D eigenvalue weighted by molar-refractivity contribution is -0.123. The number of hydrogen-bond donors (Lipinski definition) is 1. The highest BCUT2D eigenvalue weighted by Crippen LogP contribution is 2.27. The molecule has 9 heteroatoms. The van der Waals surface area contributed by atoms with Crippen LogP contribution in [0.2, 0.25) is 10.0 Å². The van der Waals surface area contributed by atoms with Gasteiger partial charge in [0.25, 0.3) is 11.5 Å². The number of halogens is 3. The van der Waals surface area contributed by atoms with E-state index in [9.17, 15) is 14.0 Å². The Morgan fingerprint density at radius 2 is 1.90 bits per heavy atom. The Kier molecular flexibility index (Phi) is 6.85. The maximum Gasteiger partial charge on any atom is 0.258 e. The molecule has 0 aliphatic carbocycles. The zero-order valence-corrected chi connectivity index (χ0v) is 16.6. The number of nitrogens with zero attached hydrogens (tertiary/aromatic N) is 2. The van der Waals surface area contributed by atoms with Crippen LogP contribution in [0.4, 0.5) is 4.39 Å². The van der Waals surface area contributed by atoms with Crippen LogP contribution in [-0.4, -0.2) is 28.6 Å². The molecule has 0 saturated heterocycles. The molecule has 150 valence electrons. The fourth-order valence-corrected chi connectivity index (χ4v) is 2.94. The molecule has 0 bridgehead atoms. The van der Waals surface area contributed by atoms with Crippen molar-refractivity contribution >= 4 is 29.1 Å². The molecule has 0 unspecified atom stereocenters. The quantitative estimate of drug-likeness (QED) is 0.615. The van der Waals surface area contributed by atoms with Gasteiger partial charge in [0, 0.05) is 29.7 Å². The van der Waals surface area contributed by atoms with Crippen molar-refractivity contribution in [3.8, 4) is 17.0 Å². The Bertz CT molecular complexity index is 1070. The van der Waals surface area contributed by atoms with Gasteiger partial charge in [0.15, 0.2) is 6.61 Å². The van der Waals surface area contributed by atoms with Gasteiger partial charge in [-0.15, -0.1) is 0 Å². The van der Waals surface area contributed by atoms with Crippen molar-refractivity contribution in [2.75, 3.05) is 13.2 Å². The number of carbonyl (C=O) groups excluding carboxylic acids is 1. The van der Waals surface area contributed by atoms with Crippen molar-refractivity contribution in [1.29, 1.82) is 0 Å². The van der Waals surface area contributed by atoms with Crippen molar-refractivity contribution in [3.63, 3.8) is 0 Å². The van der Waals surface area contributed by atoms with Crippen LogP contribution < -0.4 is 15.6 Å². The Labute approximate surface area is 175 Å². The average molecular weight is 436 g/mol. The lowest BCUT2D eigenvalue weighted by Gasteiger charge is -2.10. The van der Waals surface area contributed by atoms with Crippen molar-refractivity contribution in [2.24, 2.45) is 0 Å². The molecule has 0 spiro atoms. The minimum absolute atomic E-state index is 0.216. The Balaban J connectivity index is 1.50. The Morgan fingerprint density at radius 1 is 1.14 bits per heavy atom. The van der Waals surface area contributed by atoms with Crippen molar-refractivity contribution in [1.82, 2.24) is 14.9 Å². The van der Waals surface area contributed by atoms with E-state index in [1.807, 2.05) is 0 Å². The fraction of sp³-hybridized carbons (Fsp3) is 0.150. The number of amides is 1. The van der Waals surface area contributed by atoms with Gasteiger partial charge in [-0.25, -0.2) is 9.37 Å². The molecule has 0 radical (unpaired) electrons. The molecule has 2 aromatic carbocycles. The summed E-state index contributed by atoms with van der Waals surface area (Å²) in [7, 11) is 0. The SMILES string of the molecule is O=C(COc1ccc(Cl)cc1Cl)NCCn1cnc(-c2ccc(F)cc2)cc1=O. The molecule has 3 rings (SSSR count). The summed E-state index contributed by atoms with van der Waals surface area (Å²) in [5.41, 5.74) is 0.809. The van der Waals surface area contributed by atoms with E-state index >= 15 is 0 Å². The predicted molar refractivity (Wildman–Crippen MR) is 109 cm³/mol. The molecule has 0 aliphatic heterocycles. The number of carbonyl (C=O) groups is 1. The zero-order valence-electron chi connectivity index (χ0n) is 15.1. The smallest absolute Gasteiger partial charge is 0.258 e.